The summed E-state index contributed by atoms with van der Waals surface area (Å²) in [5.41, 5.74) is 0.994. The van der Waals surface area contributed by atoms with Crippen LogP contribution in [0.3, 0.4) is 0 Å². The molecule has 3 rings (SSSR count). The Hall–Kier alpha value is -2.05. The predicted octanol–water partition coefficient (Wildman–Crippen LogP) is 3.76. The molecule has 1 spiro atoms. The molecule has 4 nitrogen and oxygen atoms in total. The van der Waals surface area contributed by atoms with Crippen LogP contribution in [-0.4, -0.2) is 24.5 Å². The van der Waals surface area contributed by atoms with Crippen LogP contribution < -0.4 is 10.2 Å². The molecule has 1 aliphatic heterocycles. The van der Waals surface area contributed by atoms with Crippen molar-refractivity contribution in [2.45, 2.75) is 50.6 Å². The van der Waals surface area contributed by atoms with Crippen molar-refractivity contribution in [1.82, 2.24) is 0 Å². The maximum atomic E-state index is 12.7. The fraction of sp³-hybridized carbons (Fsp3) is 0.529. The van der Waals surface area contributed by atoms with Gasteiger partial charge in [-0.2, -0.15) is 13.2 Å². The van der Waals surface area contributed by atoms with Gasteiger partial charge in [-0.05, 0) is 43.0 Å². The van der Waals surface area contributed by atoms with Gasteiger partial charge >= 0.3 is 12.1 Å². The van der Waals surface area contributed by atoms with Crippen LogP contribution in [0, 0.1) is 0 Å². The molecule has 2 aliphatic rings. The summed E-state index contributed by atoms with van der Waals surface area (Å²) in [5, 5.41) is 1.87. The molecular weight excluding hydrogens is 321 g/mol. The molecule has 1 aromatic rings. The molecule has 0 unspecified atom stereocenters. The average molecular weight is 340 g/mol. The number of carbonyl (C=O) groups excluding carboxylic acids is 2. The average Bonchev–Trinajstić information content (AvgIpc) is 3.28. The zero-order chi connectivity index (χ0) is 17.5. The molecule has 1 aliphatic carbocycles. The summed E-state index contributed by atoms with van der Waals surface area (Å²) in [4.78, 5) is 25.5. The highest BCUT2D eigenvalue weighted by Crippen LogP contribution is 2.57. The number of nitrogens with one attached hydrogen (secondary N) is 1. The van der Waals surface area contributed by atoms with E-state index in [1.54, 1.807) is 11.0 Å². The van der Waals surface area contributed by atoms with Crippen molar-refractivity contribution in [2.75, 3.05) is 16.8 Å². The highest BCUT2D eigenvalue weighted by Gasteiger charge is 2.59. The lowest BCUT2D eigenvalue weighted by molar-refractivity contribution is -0.167. The first kappa shape index (κ1) is 16.8. The lowest BCUT2D eigenvalue weighted by Gasteiger charge is -2.18. The molecule has 0 aromatic heterocycles. The van der Waals surface area contributed by atoms with E-state index < -0.39 is 17.5 Å². The second kappa shape index (κ2) is 5.79. The topological polar surface area (TPSA) is 49.4 Å². The molecule has 130 valence electrons. The largest absolute Gasteiger partial charge is 0.471 e. The Balaban J connectivity index is 1.85. The molecule has 1 heterocycles. The smallest absolute Gasteiger partial charge is 0.318 e. The van der Waals surface area contributed by atoms with Crippen molar-refractivity contribution in [3.63, 3.8) is 0 Å². The quantitative estimate of drug-likeness (QED) is 0.830. The van der Waals surface area contributed by atoms with Crippen LogP contribution in [0.5, 0.6) is 0 Å². The molecule has 1 aromatic carbocycles. The number of halogens is 3. The summed E-state index contributed by atoms with van der Waals surface area (Å²) in [6.07, 6.45) is -0.559. The fourth-order valence-electron chi connectivity index (χ4n) is 3.27. The summed E-state index contributed by atoms with van der Waals surface area (Å²) < 4.78 is 37.2. The molecule has 24 heavy (non-hydrogen) atoms. The second-order valence-electron chi connectivity index (χ2n) is 6.43. The van der Waals surface area contributed by atoms with Gasteiger partial charge in [0, 0.05) is 17.9 Å². The lowest BCUT2D eigenvalue weighted by atomic mass is 9.97. The molecule has 0 bridgehead atoms. The van der Waals surface area contributed by atoms with Crippen LogP contribution in [0.15, 0.2) is 18.2 Å². The summed E-state index contributed by atoms with van der Waals surface area (Å²) in [7, 11) is 0. The molecule has 1 N–H and O–H groups in total. The summed E-state index contributed by atoms with van der Waals surface area (Å²) in [5.74, 6) is -1.97. The van der Waals surface area contributed by atoms with E-state index in [2.05, 4.69) is 6.92 Å². The van der Waals surface area contributed by atoms with Gasteiger partial charge in [0.2, 0.25) is 5.91 Å². The van der Waals surface area contributed by atoms with Crippen molar-refractivity contribution in [3.8, 4) is 0 Å². The molecule has 7 heteroatoms. The zero-order valence-electron chi connectivity index (χ0n) is 13.4. The first-order valence-corrected chi connectivity index (χ1v) is 8.14. The van der Waals surface area contributed by atoms with Crippen molar-refractivity contribution >= 4 is 23.2 Å². The van der Waals surface area contributed by atoms with E-state index in [0.29, 0.717) is 19.4 Å². The minimum atomic E-state index is -4.93. The van der Waals surface area contributed by atoms with Crippen LogP contribution in [-0.2, 0) is 15.0 Å². The number of carbonyl (C=O) groups is 2. The molecule has 1 saturated carbocycles. The van der Waals surface area contributed by atoms with Crippen LogP contribution in [0.2, 0.25) is 0 Å². The van der Waals surface area contributed by atoms with Crippen molar-refractivity contribution in [3.05, 3.63) is 23.8 Å². The lowest BCUT2D eigenvalue weighted by Crippen LogP contribution is -2.32. The van der Waals surface area contributed by atoms with Gasteiger partial charge in [0.25, 0.3) is 0 Å². The van der Waals surface area contributed by atoms with E-state index in [4.69, 9.17) is 0 Å². The number of anilines is 2. The van der Waals surface area contributed by atoms with E-state index in [1.165, 1.54) is 12.1 Å². The van der Waals surface area contributed by atoms with Crippen LogP contribution in [0.1, 0.15) is 44.6 Å². The Labute approximate surface area is 138 Å². The third kappa shape index (κ3) is 2.76. The number of alkyl halides is 3. The zero-order valence-corrected chi connectivity index (χ0v) is 13.4. The van der Waals surface area contributed by atoms with Gasteiger partial charge in [-0.1, -0.05) is 19.8 Å². The Morgan fingerprint density at radius 2 is 2.00 bits per heavy atom. The Bertz CT molecular complexity index is 681. The minimum Gasteiger partial charge on any atom is -0.318 e. The third-order valence-corrected chi connectivity index (χ3v) is 4.71. The SMILES string of the molecule is CCCCCN1C(=O)C2(CC2)c2cc(NC(=O)C(F)(F)F)ccc21. The molecule has 0 radical (unpaired) electrons. The van der Waals surface area contributed by atoms with Gasteiger partial charge < -0.3 is 10.2 Å². The maximum absolute atomic E-state index is 12.7. The van der Waals surface area contributed by atoms with E-state index in [0.717, 1.165) is 30.5 Å². The summed E-state index contributed by atoms with van der Waals surface area (Å²) >= 11 is 0. The van der Waals surface area contributed by atoms with Crippen LogP contribution in [0.4, 0.5) is 24.5 Å². The first-order chi connectivity index (χ1) is 11.3. The van der Waals surface area contributed by atoms with Crippen molar-refractivity contribution in [1.29, 1.82) is 0 Å². The monoisotopic (exact) mass is 340 g/mol. The normalized spacial score (nSPS) is 18.0. The summed E-state index contributed by atoms with van der Waals surface area (Å²) in [6, 6.07) is 4.58. The number of fused-ring (bicyclic) bond motifs is 2. The molecule has 0 saturated heterocycles. The number of rotatable bonds is 5. The number of benzene rings is 1. The molecule has 0 atom stereocenters. The highest BCUT2D eigenvalue weighted by atomic mass is 19.4. The van der Waals surface area contributed by atoms with Crippen molar-refractivity contribution < 1.29 is 22.8 Å². The molecule has 2 amide bonds. The van der Waals surface area contributed by atoms with Gasteiger partial charge in [0.15, 0.2) is 0 Å². The van der Waals surface area contributed by atoms with E-state index >= 15 is 0 Å². The second-order valence-corrected chi connectivity index (χ2v) is 6.43. The Morgan fingerprint density at radius 3 is 2.58 bits per heavy atom. The van der Waals surface area contributed by atoms with Gasteiger partial charge in [0.1, 0.15) is 0 Å². The van der Waals surface area contributed by atoms with Gasteiger partial charge in [-0.3, -0.25) is 9.59 Å². The Morgan fingerprint density at radius 1 is 1.29 bits per heavy atom. The fourth-order valence-corrected chi connectivity index (χ4v) is 3.27. The van der Waals surface area contributed by atoms with Gasteiger partial charge in [-0.15, -0.1) is 0 Å². The number of hydrogen-bond donors (Lipinski definition) is 1. The first-order valence-electron chi connectivity index (χ1n) is 8.14. The van der Waals surface area contributed by atoms with Crippen LogP contribution in [0.25, 0.3) is 0 Å². The minimum absolute atomic E-state index is 0.0351. The molecular formula is C17H19F3N2O2. The number of unbranched alkanes of at least 4 members (excludes halogenated alkanes) is 2. The van der Waals surface area contributed by atoms with E-state index in [1.807, 2.05) is 5.32 Å². The number of amides is 2. The van der Waals surface area contributed by atoms with Gasteiger partial charge in [-0.25, -0.2) is 0 Å². The highest BCUT2D eigenvalue weighted by molar-refractivity contribution is 6.10. The summed E-state index contributed by atoms with van der Waals surface area (Å²) in [6.45, 7) is 2.70. The van der Waals surface area contributed by atoms with E-state index in [-0.39, 0.29) is 11.6 Å². The third-order valence-electron chi connectivity index (χ3n) is 4.71. The maximum Gasteiger partial charge on any atom is 0.471 e. The Kier molecular flexibility index (Phi) is 4.05. The van der Waals surface area contributed by atoms with Gasteiger partial charge in [0.05, 0.1) is 5.41 Å². The molecule has 1 fully saturated rings. The van der Waals surface area contributed by atoms with Crippen LogP contribution >= 0.6 is 0 Å². The van der Waals surface area contributed by atoms with E-state index in [9.17, 15) is 22.8 Å². The standard InChI is InChI=1S/C17H19F3N2O2/c1-2-3-4-9-22-13-6-5-11(21-14(23)17(18,19)20)10-12(13)16(7-8-16)15(22)24/h5-6,10H,2-4,7-9H2,1H3,(H,21,23). The number of hydrogen-bond acceptors (Lipinski definition) is 2. The number of nitrogens with zero attached hydrogens (tertiary/aromatic N) is 1. The predicted molar refractivity (Wildman–Crippen MR) is 83.9 cm³/mol. The van der Waals surface area contributed by atoms with Crippen molar-refractivity contribution in [2.24, 2.45) is 0 Å².